The van der Waals surface area contributed by atoms with Gasteiger partial charge in [-0.2, -0.15) is 0 Å². The van der Waals surface area contributed by atoms with E-state index < -0.39 is 0 Å². The zero-order valence-electron chi connectivity index (χ0n) is 9.53. The molecule has 0 aliphatic carbocycles. The Labute approximate surface area is 95.8 Å². The van der Waals surface area contributed by atoms with Gasteiger partial charge in [-0.1, -0.05) is 12.1 Å². The molecule has 0 aromatic heterocycles. The third kappa shape index (κ3) is 2.54. The molecule has 1 aliphatic rings. The van der Waals surface area contributed by atoms with E-state index in [0.717, 1.165) is 25.1 Å². The zero-order chi connectivity index (χ0) is 11.4. The molecule has 1 fully saturated rings. The highest BCUT2D eigenvalue weighted by atomic mass is 16.5. The Bertz CT molecular complexity index is 359. The van der Waals surface area contributed by atoms with Crippen LogP contribution >= 0.6 is 0 Å². The Morgan fingerprint density at radius 1 is 1.31 bits per heavy atom. The van der Waals surface area contributed by atoms with Crippen LogP contribution in [0.25, 0.3) is 0 Å². The van der Waals surface area contributed by atoms with Crippen molar-refractivity contribution in [3.8, 4) is 5.75 Å². The Morgan fingerprint density at radius 2 is 2.06 bits per heavy atom. The average Bonchev–Trinajstić information content (AvgIpc) is 2.54. The summed E-state index contributed by atoms with van der Waals surface area (Å²) in [5.41, 5.74) is 1.28. The minimum absolute atomic E-state index is 0.177. The number of rotatable bonds is 2. The van der Waals surface area contributed by atoms with Crippen LogP contribution in [0, 0.1) is 0 Å². The maximum Gasteiger partial charge on any atom is 0.220 e. The highest BCUT2D eigenvalue weighted by Crippen LogP contribution is 2.25. The molecule has 3 nitrogen and oxygen atoms in total. The molecule has 0 spiro atoms. The van der Waals surface area contributed by atoms with Gasteiger partial charge in [0, 0.05) is 18.9 Å². The lowest BCUT2D eigenvalue weighted by atomic mass is 9.94. The van der Waals surface area contributed by atoms with E-state index in [1.165, 1.54) is 5.56 Å². The lowest BCUT2D eigenvalue weighted by Crippen LogP contribution is -2.24. The van der Waals surface area contributed by atoms with Crippen LogP contribution < -0.4 is 10.1 Å². The Hall–Kier alpha value is -1.51. The number of carbonyl (C=O) groups excluding carboxylic acids is 1. The molecule has 0 radical (unpaired) electrons. The maximum atomic E-state index is 11.2. The highest BCUT2D eigenvalue weighted by Gasteiger charge is 2.17. The van der Waals surface area contributed by atoms with Crippen molar-refractivity contribution in [3.05, 3.63) is 29.8 Å². The van der Waals surface area contributed by atoms with Crippen molar-refractivity contribution in [1.29, 1.82) is 0 Å². The van der Waals surface area contributed by atoms with Gasteiger partial charge in [-0.15, -0.1) is 0 Å². The second-order valence-corrected chi connectivity index (χ2v) is 4.17. The van der Waals surface area contributed by atoms with Crippen LogP contribution in [0.2, 0.25) is 0 Å². The first-order valence-electron chi connectivity index (χ1n) is 5.70. The molecular weight excluding hydrogens is 202 g/mol. The first kappa shape index (κ1) is 11.0. The molecule has 1 amide bonds. The average molecular weight is 219 g/mol. The summed E-state index contributed by atoms with van der Waals surface area (Å²) in [7, 11) is 1.67. The third-order valence-electron chi connectivity index (χ3n) is 3.09. The first-order chi connectivity index (χ1) is 7.79. The smallest absolute Gasteiger partial charge is 0.220 e. The Morgan fingerprint density at radius 3 is 2.75 bits per heavy atom. The number of nitrogens with one attached hydrogen (secondary N) is 1. The Kier molecular flexibility index (Phi) is 3.44. The first-order valence-corrected chi connectivity index (χ1v) is 5.70. The number of benzene rings is 1. The number of carbonyl (C=O) groups is 1. The van der Waals surface area contributed by atoms with Crippen LogP contribution in [-0.4, -0.2) is 19.6 Å². The van der Waals surface area contributed by atoms with Gasteiger partial charge in [0.1, 0.15) is 5.75 Å². The van der Waals surface area contributed by atoms with Gasteiger partial charge in [0.2, 0.25) is 5.91 Å². The van der Waals surface area contributed by atoms with E-state index in [1.807, 2.05) is 12.1 Å². The van der Waals surface area contributed by atoms with Crippen LogP contribution in [0.5, 0.6) is 5.75 Å². The van der Waals surface area contributed by atoms with Crippen LogP contribution in [-0.2, 0) is 4.79 Å². The molecule has 86 valence electrons. The van der Waals surface area contributed by atoms with Crippen molar-refractivity contribution in [2.24, 2.45) is 0 Å². The number of methoxy groups -OCH3 is 1. The second kappa shape index (κ2) is 5.01. The van der Waals surface area contributed by atoms with Crippen LogP contribution in [0.1, 0.15) is 30.7 Å². The molecule has 16 heavy (non-hydrogen) atoms. The molecule has 1 aromatic carbocycles. The van der Waals surface area contributed by atoms with Gasteiger partial charge < -0.3 is 10.1 Å². The Balaban J connectivity index is 2.07. The molecule has 1 N–H and O–H groups in total. The molecule has 1 atom stereocenters. The topological polar surface area (TPSA) is 38.3 Å². The molecule has 0 bridgehead atoms. The molecular formula is C13H17NO2. The summed E-state index contributed by atoms with van der Waals surface area (Å²) in [5.74, 6) is 1.50. The SMILES string of the molecule is COc1ccc(C2CCCC(=O)NC2)cc1. The minimum atomic E-state index is 0.177. The molecule has 2 rings (SSSR count). The second-order valence-electron chi connectivity index (χ2n) is 4.17. The normalized spacial score (nSPS) is 21.1. The van der Waals surface area contributed by atoms with Gasteiger partial charge in [0.15, 0.2) is 0 Å². The summed E-state index contributed by atoms with van der Waals surface area (Å²) in [6.07, 6.45) is 2.71. The van der Waals surface area contributed by atoms with E-state index in [2.05, 4.69) is 17.4 Å². The van der Waals surface area contributed by atoms with Crippen molar-refractivity contribution >= 4 is 5.91 Å². The maximum absolute atomic E-state index is 11.2. The van der Waals surface area contributed by atoms with Crippen LogP contribution in [0.15, 0.2) is 24.3 Å². The quantitative estimate of drug-likeness (QED) is 0.827. The van der Waals surface area contributed by atoms with Crippen molar-refractivity contribution in [2.45, 2.75) is 25.2 Å². The molecule has 0 saturated carbocycles. The fourth-order valence-corrected chi connectivity index (χ4v) is 2.10. The van der Waals surface area contributed by atoms with Crippen molar-refractivity contribution in [1.82, 2.24) is 5.32 Å². The molecule has 1 saturated heterocycles. The summed E-state index contributed by atoms with van der Waals surface area (Å²) in [4.78, 5) is 11.2. The van der Waals surface area contributed by atoms with E-state index in [4.69, 9.17) is 4.74 Å². The van der Waals surface area contributed by atoms with Crippen molar-refractivity contribution in [2.75, 3.05) is 13.7 Å². The molecule has 1 heterocycles. The van der Waals surface area contributed by atoms with E-state index in [-0.39, 0.29) is 5.91 Å². The summed E-state index contributed by atoms with van der Waals surface area (Å²) in [5, 5.41) is 2.95. The monoisotopic (exact) mass is 219 g/mol. The molecule has 1 aliphatic heterocycles. The number of hydrogen-bond acceptors (Lipinski definition) is 2. The third-order valence-corrected chi connectivity index (χ3v) is 3.09. The fraction of sp³-hybridized carbons (Fsp3) is 0.462. The van der Waals surface area contributed by atoms with E-state index in [1.54, 1.807) is 7.11 Å². The minimum Gasteiger partial charge on any atom is -0.497 e. The zero-order valence-corrected chi connectivity index (χ0v) is 9.53. The van der Waals surface area contributed by atoms with Gasteiger partial charge >= 0.3 is 0 Å². The highest BCUT2D eigenvalue weighted by molar-refractivity contribution is 5.76. The molecule has 1 aromatic rings. The summed E-state index contributed by atoms with van der Waals surface area (Å²) in [6, 6.07) is 8.12. The van der Waals surface area contributed by atoms with E-state index >= 15 is 0 Å². The van der Waals surface area contributed by atoms with Gasteiger partial charge in [-0.25, -0.2) is 0 Å². The van der Waals surface area contributed by atoms with Crippen LogP contribution in [0.3, 0.4) is 0 Å². The fourth-order valence-electron chi connectivity index (χ4n) is 2.10. The summed E-state index contributed by atoms with van der Waals surface area (Å²) >= 11 is 0. The van der Waals surface area contributed by atoms with Gasteiger partial charge in [-0.05, 0) is 30.5 Å². The van der Waals surface area contributed by atoms with E-state index in [9.17, 15) is 4.79 Å². The van der Waals surface area contributed by atoms with Crippen molar-refractivity contribution < 1.29 is 9.53 Å². The largest absolute Gasteiger partial charge is 0.497 e. The molecule has 3 heteroatoms. The number of ether oxygens (including phenoxy) is 1. The van der Waals surface area contributed by atoms with Gasteiger partial charge in [0.05, 0.1) is 7.11 Å². The predicted octanol–water partition coefficient (Wildman–Crippen LogP) is 2.08. The van der Waals surface area contributed by atoms with Gasteiger partial charge in [0.25, 0.3) is 0 Å². The summed E-state index contributed by atoms with van der Waals surface area (Å²) in [6.45, 7) is 0.755. The van der Waals surface area contributed by atoms with E-state index in [0.29, 0.717) is 12.3 Å². The molecule has 1 unspecified atom stereocenters. The van der Waals surface area contributed by atoms with Crippen LogP contribution in [0.4, 0.5) is 0 Å². The van der Waals surface area contributed by atoms with Crippen molar-refractivity contribution in [3.63, 3.8) is 0 Å². The number of hydrogen-bond donors (Lipinski definition) is 1. The predicted molar refractivity (Wildman–Crippen MR) is 62.6 cm³/mol. The van der Waals surface area contributed by atoms with Gasteiger partial charge in [-0.3, -0.25) is 4.79 Å². The summed E-state index contributed by atoms with van der Waals surface area (Å²) < 4.78 is 5.13. The lowest BCUT2D eigenvalue weighted by molar-refractivity contribution is -0.120. The lowest BCUT2D eigenvalue weighted by Gasteiger charge is -2.14. The standard InChI is InChI=1S/C13H17NO2/c1-16-12-7-5-10(6-8-12)11-3-2-4-13(15)14-9-11/h5-8,11H,2-4,9H2,1H3,(H,14,15). The number of amides is 1.